The minimum absolute atomic E-state index is 0.192. The van der Waals surface area contributed by atoms with Crippen LogP contribution >= 0.6 is 0 Å². The molecule has 0 aliphatic rings. The van der Waals surface area contributed by atoms with E-state index in [0.29, 0.717) is 11.4 Å². The molecule has 0 radical (unpaired) electrons. The van der Waals surface area contributed by atoms with Crippen LogP contribution in [0.15, 0.2) is 47.6 Å². The molecule has 6 heteroatoms. The lowest BCUT2D eigenvalue weighted by molar-refractivity contribution is 0.483. The van der Waals surface area contributed by atoms with Crippen molar-refractivity contribution in [3.8, 4) is 11.4 Å². The molecule has 2 aromatic heterocycles. The third kappa shape index (κ3) is 2.23. The third-order valence-electron chi connectivity index (χ3n) is 1.96. The van der Waals surface area contributed by atoms with Crippen molar-refractivity contribution in [1.29, 1.82) is 0 Å². The molecule has 1 N–H and O–H groups in total. The van der Waals surface area contributed by atoms with Gasteiger partial charge >= 0.3 is 0 Å². The molecule has 0 aromatic carbocycles. The molecule has 0 fully saturated rings. The van der Waals surface area contributed by atoms with Crippen LogP contribution in [0.25, 0.3) is 11.4 Å². The van der Waals surface area contributed by atoms with E-state index in [2.05, 4.69) is 9.97 Å². The molecule has 0 amide bonds. The minimum atomic E-state index is -4.20. The molecule has 2 heterocycles. The third-order valence-corrected chi connectivity index (χ3v) is 2.81. The van der Waals surface area contributed by atoms with Gasteiger partial charge in [0.1, 0.15) is 0 Å². The van der Waals surface area contributed by atoms with Gasteiger partial charge in [0.2, 0.25) is 0 Å². The first-order chi connectivity index (χ1) is 7.57. The van der Waals surface area contributed by atoms with Gasteiger partial charge in [-0.05, 0) is 24.3 Å². The topological polar surface area (TPSA) is 80.2 Å². The Kier molecular flexibility index (Phi) is 2.67. The molecule has 0 atom stereocenters. The predicted octanol–water partition coefficient (Wildman–Crippen LogP) is 1.39. The van der Waals surface area contributed by atoms with E-state index < -0.39 is 10.1 Å². The van der Waals surface area contributed by atoms with Crippen LogP contribution in [0, 0.1) is 0 Å². The van der Waals surface area contributed by atoms with Crippen LogP contribution in [0.2, 0.25) is 0 Å². The summed E-state index contributed by atoms with van der Waals surface area (Å²) in [5.74, 6) is 0. The fraction of sp³-hybridized carbons (Fsp3) is 0. The number of pyridine rings is 2. The van der Waals surface area contributed by atoms with Gasteiger partial charge in [-0.2, -0.15) is 8.42 Å². The molecular formula is C10H8N2O3S. The van der Waals surface area contributed by atoms with Gasteiger partial charge in [0, 0.05) is 12.4 Å². The Morgan fingerprint density at radius 3 is 2.38 bits per heavy atom. The summed E-state index contributed by atoms with van der Waals surface area (Å²) < 4.78 is 30.7. The van der Waals surface area contributed by atoms with Crippen molar-refractivity contribution in [2.75, 3.05) is 0 Å². The second kappa shape index (κ2) is 3.99. The normalized spacial score (nSPS) is 11.3. The van der Waals surface area contributed by atoms with Gasteiger partial charge in [0.25, 0.3) is 10.1 Å². The summed E-state index contributed by atoms with van der Waals surface area (Å²) in [5.41, 5.74) is 0.948. The average molecular weight is 236 g/mol. The van der Waals surface area contributed by atoms with Crippen molar-refractivity contribution in [2.45, 2.75) is 4.90 Å². The summed E-state index contributed by atoms with van der Waals surface area (Å²) in [6.07, 6.45) is 2.89. The Hall–Kier alpha value is -1.79. The maximum absolute atomic E-state index is 10.9. The van der Waals surface area contributed by atoms with Crippen molar-refractivity contribution >= 4 is 10.1 Å². The molecule has 0 unspecified atom stereocenters. The smallest absolute Gasteiger partial charge is 0.282 e. The molecule has 0 aliphatic heterocycles. The Balaban J connectivity index is 2.53. The van der Waals surface area contributed by atoms with Gasteiger partial charge in [-0.1, -0.05) is 6.07 Å². The summed E-state index contributed by atoms with van der Waals surface area (Å²) in [5, 5.41) is 0. The molecule has 0 spiro atoms. The number of rotatable bonds is 2. The van der Waals surface area contributed by atoms with E-state index >= 15 is 0 Å². The van der Waals surface area contributed by atoms with Crippen LogP contribution in [0.4, 0.5) is 0 Å². The lowest BCUT2D eigenvalue weighted by Gasteiger charge is -2.01. The highest BCUT2D eigenvalue weighted by Gasteiger charge is 2.11. The molecule has 5 nitrogen and oxygen atoms in total. The zero-order valence-corrected chi connectivity index (χ0v) is 8.92. The fourth-order valence-corrected chi connectivity index (χ4v) is 1.72. The highest BCUT2D eigenvalue weighted by Crippen LogP contribution is 2.17. The molecule has 0 aliphatic carbocycles. The van der Waals surface area contributed by atoms with Gasteiger partial charge in [0.05, 0.1) is 16.3 Å². The summed E-state index contributed by atoms with van der Waals surface area (Å²) in [6.45, 7) is 0. The molecule has 0 bridgehead atoms. The lowest BCUT2D eigenvalue weighted by atomic mass is 10.2. The highest BCUT2D eigenvalue weighted by molar-refractivity contribution is 7.85. The van der Waals surface area contributed by atoms with E-state index in [1.807, 2.05) is 0 Å². The van der Waals surface area contributed by atoms with E-state index in [1.54, 1.807) is 24.4 Å². The number of hydrogen-bond donors (Lipinski definition) is 1. The quantitative estimate of drug-likeness (QED) is 0.797. The van der Waals surface area contributed by atoms with Crippen molar-refractivity contribution in [2.24, 2.45) is 0 Å². The van der Waals surface area contributed by atoms with Crippen LogP contribution in [0.1, 0.15) is 0 Å². The van der Waals surface area contributed by atoms with Crippen molar-refractivity contribution in [1.82, 2.24) is 9.97 Å². The molecule has 16 heavy (non-hydrogen) atoms. The van der Waals surface area contributed by atoms with Gasteiger partial charge in [0.15, 0.2) is 0 Å². The van der Waals surface area contributed by atoms with Crippen molar-refractivity contribution < 1.29 is 13.0 Å². The first-order valence-corrected chi connectivity index (χ1v) is 5.86. The summed E-state index contributed by atoms with van der Waals surface area (Å²) in [4.78, 5) is 7.83. The molecule has 2 rings (SSSR count). The van der Waals surface area contributed by atoms with Crippen LogP contribution in [0.5, 0.6) is 0 Å². The lowest BCUT2D eigenvalue weighted by Crippen LogP contribution is -1.99. The van der Waals surface area contributed by atoms with Crippen molar-refractivity contribution in [3.05, 3.63) is 42.7 Å². The number of nitrogens with zero attached hydrogens (tertiary/aromatic N) is 2. The Morgan fingerprint density at radius 2 is 1.75 bits per heavy atom. The Morgan fingerprint density at radius 1 is 1.00 bits per heavy atom. The predicted molar refractivity (Wildman–Crippen MR) is 57.3 cm³/mol. The second-order valence-electron chi connectivity index (χ2n) is 3.07. The Bertz CT molecular complexity index is 596. The van der Waals surface area contributed by atoms with Crippen LogP contribution < -0.4 is 0 Å². The SMILES string of the molecule is O=S(=O)(O)c1ccnc(-c2ccccn2)c1. The van der Waals surface area contributed by atoms with Crippen LogP contribution in [-0.4, -0.2) is 22.9 Å². The number of aromatic nitrogens is 2. The molecule has 2 aromatic rings. The summed E-state index contributed by atoms with van der Waals surface area (Å²) in [6, 6.07) is 7.72. The van der Waals surface area contributed by atoms with E-state index in [1.165, 1.54) is 18.3 Å². The maximum Gasteiger partial charge on any atom is 0.294 e. The van der Waals surface area contributed by atoms with E-state index in [9.17, 15) is 8.42 Å². The molecular weight excluding hydrogens is 228 g/mol. The largest absolute Gasteiger partial charge is 0.294 e. The van der Waals surface area contributed by atoms with Gasteiger partial charge < -0.3 is 0 Å². The van der Waals surface area contributed by atoms with Gasteiger partial charge in [-0.25, -0.2) is 0 Å². The standard InChI is InChI=1S/C10H8N2O3S/c13-16(14,15)8-4-6-12-10(7-8)9-3-1-2-5-11-9/h1-7H,(H,13,14,15). The van der Waals surface area contributed by atoms with Gasteiger partial charge in [-0.15, -0.1) is 0 Å². The minimum Gasteiger partial charge on any atom is -0.282 e. The summed E-state index contributed by atoms with van der Waals surface area (Å²) >= 11 is 0. The number of hydrogen-bond acceptors (Lipinski definition) is 4. The molecule has 0 saturated heterocycles. The monoisotopic (exact) mass is 236 g/mol. The van der Waals surface area contributed by atoms with E-state index in [-0.39, 0.29) is 4.90 Å². The molecule has 82 valence electrons. The van der Waals surface area contributed by atoms with Crippen molar-refractivity contribution in [3.63, 3.8) is 0 Å². The zero-order valence-electron chi connectivity index (χ0n) is 8.11. The van der Waals surface area contributed by atoms with E-state index in [4.69, 9.17) is 4.55 Å². The highest BCUT2D eigenvalue weighted by atomic mass is 32.2. The van der Waals surface area contributed by atoms with Crippen LogP contribution in [0.3, 0.4) is 0 Å². The first-order valence-electron chi connectivity index (χ1n) is 4.42. The fourth-order valence-electron chi connectivity index (χ4n) is 1.23. The Labute approximate surface area is 92.6 Å². The van der Waals surface area contributed by atoms with Gasteiger partial charge in [-0.3, -0.25) is 14.5 Å². The average Bonchev–Trinajstić information content (AvgIpc) is 2.29. The van der Waals surface area contributed by atoms with Crippen LogP contribution in [-0.2, 0) is 10.1 Å². The summed E-state index contributed by atoms with van der Waals surface area (Å²) in [7, 11) is -4.20. The second-order valence-corrected chi connectivity index (χ2v) is 4.49. The van der Waals surface area contributed by atoms with E-state index in [0.717, 1.165) is 0 Å². The first kappa shape index (κ1) is 10.7. The molecule has 0 saturated carbocycles. The maximum atomic E-state index is 10.9. The zero-order chi connectivity index (χ0) is 11.6.